The lowest BCUT2D eigenvalue weighted by Crippen LogP contribution is -2.37. The van der Waals surface area contributed by atoms with Crippen LogP contribution in [0.3, 0.4) is 0 Å². The van der Waals surface area contributed by atoms with Crippen LogP contribution in [0.25, 0.3) is 0 Å². The van der Waals surface area contributed by atoms with E-state index >= 15 is 0 Å². The predicted molar refractivity (Wildman–Crippen MR) is 67.9 cm³/mol. The number of piperidine rings is 1. The SMILES string of the molecule is N#CC1CCN(Cc2ccccc2Br)C(=O)C1. The molecule has 0 radical (unpaired) electrons. The van der Waals surface area contributed by atoms with Crippen LogP contribution in [0.5, 0.6) is 0 Å². The molecule has 17 heavy (non-hydrogen) atoms. The Morgan fingerprint density at radius 1 is 1.47 bits per heavy atom. The normalized spacial score (nSPS) is 20.1. The molecule has 1 aliphatic rings. The molecule has 1 atom stereocenters. The van der Waals surface area contributed by atoms with E-state index in [2.05, 4.69) is 22.0 Å². The van der Waals surface area contributed by atoms with Gasteiger partial charge in [-0.15, -0.1) is 0 Å². The van der Waals surface area contributed by atoms with Gasteiger partial charge in [-0.3, -0.25) is 4.79 Å². The van der Waals surface area contributed by atoms with Gasteiger partial charge in [0.15, 0.2) is 0 Å². The van der Waals surface area contributed by atoms with Crippen molar-refractivity contribution >= 4 is 21.8 Å². The second-order valence-corrected chi connectivity index (χ2v) is 5.08. The molecule has 0 spiro atoms. The maximum atomic E-state index is 11.8. The van der Waals surface area contributed by atoms with Crippen molar-refractivity contribution in [1.82, 2.24) is 4.90 Å². The van der Waals surface area contributed by atoms with Crippen molar-refractivity contribution < 1.29 is 4.79 Å². The first-order valence-electron chi connectivity index (χ1n) is 5.61. The zero-order chi connectivity index (χ0) is 12.3. The molecule has 1 aromatic rings. The molecular formula is C13H13BrN2O. The Hall–Kier alpha value is -1.34. The molecular weight excluding hydrogens is 280 g/mol. The Labute approximate surface area is 109 Å². The Balaban J connectivity index is 2.04. The molecule has 0 bridgehead atoms. The van der Waals surface area contributed by atoms with Gasteiger partial charge >= 0.3 is 0 Å². The molecule has 0 N–H and O–H groups in total. The van der Waals surface area contributed by atoms with Crippen molar-refractivity contribution in [1.29, 1.82) is 5.26 Å². The highest BCUT2D eigenvalue weighted by atomic mass is 79.9. The van der Waals surface area contributed by atoms with Crippen LogP contribution >= 0.6 is 15.9 Å². The van der Waals surface area contributed by atoms with Gasteiger partial charge in [0.05, 0.1) is 12.0 Å². The van der Waals surface area contributed by atoms with Crippen molar-refractivity contribution in [3.8, 4) is 6.07 Å². The summed E-state index contributed by atoms with van der Waals surface area (Å²) >= 11 is 3.48. The maximum absolute atomic E-state index is 11.8. The smallest absolute Gasteiger partial charge is 0.224 e. The molecule has 4 heteroatoms. The highest BCUT2D eigenvalue weighted by molar-refractivity contribution is 9.10. The first-order chi connectivity index (χ1) is 8.20. The van der Waals surface area contributed by atoms with Crippen LogP contribution in [0.15, 0.2) is 28.7 Å². The van der Waals surface area contributed by atoms with Gasteiger partial charge in [-0.05, 0) is 18.1 Å². The first kappa shape index (κ1) is 12.1. The third-order valence-corrected chi connectivity index (χ3v) is 3.80. The van der Waals surface area contributed by atoms with E-state index in [1.54, 1.807) is 0 Å². The van der Waals surface area contributed by atoms with Gasteiger partial charge in [0.2, 0.25) is 5.91 Å². The first-order valence-corrected chi connectivity index (χ1v) is 6.41. The molecule has 1 heterocycles. The van der Waals surface area contributed by atoms with Crippen LogP contribution in [0.1, 0.15) is 18.4 Å². The minimum absolute atomic E-state index is 0.0820. The standard InChI is InChI=1S/C13H13BrN2O/c14-12-4-2-1-3-11(12)9-16-6-5-10(8-15)7-13(16)17/h1-4,10H,5-7,9H2. The molecule has 0 saturated carbocycles. The molecule has 2 rings (SSSR count). The Bertz CT molecular complexity index is 467. The third kappa shape index (κ3) is 2.86. The van der Waals surface area contributed by atoms with Gasteiger partial charge in [0, 0.05) is 24.0 Å². The summed E-state index contributed by atoms with van der Waals surface area (Å²) in [5.74, 6) is -0.0171. The van der Waals surface area contributed by atoms with Gasteiger partial charge in [-0.1, -0.05) is 34.1 Å². The van der Waals surface area contributed by atoms with E-state index in [0.29, 0.717) is 19.5 Å². The molecule has 1 unspecified atom stereocenters. The number of halogens is 1. The van der Waals surface area contributed by atoms with Crippen molar-refractivity contribution in [3.05, 3.63) is 34.3 Å². The summed E-state index contributed by atoms with van der Waals surface area (Å²) in [4.78, 5) is 13.7. The molecule has 88 valence electrons. The summed E-state index contributed by atoms with van der Waals surface area (Å²) in [6, 6.07) is 10.1. The molecule has 1 fully saturated rings. The van der Waals surface area contributed by atoms with Crippen molar-refractivity contribution in [3.63, 3.8) is 0 Å². The summed E-state index contributed by atoms with van der Waals surface area (Å²) in [7, 11) is 0. The van der Waals surface area contributed by atoms with Crippen molar-refractivity contribution in [2.75, 3.05) is 6.54 Å². The Morgan fingerprint density at radius 2 is 2.24 bits per heavy atom. The topological polar surface area (TPSA) is 44.1 Å². The summed E-state index contributed by atoms with van der Waals surface area (Å²) in [5.41, 5.74) is 1.11. The average Bonchev–Trinajstić information content (AvgIpc) is 2.34. The van der Waals surface area contributed by atoms with Crippen LogP contribution in [-0.4, -0.2) is 17.4 Å². The highest BCUT2D eigenvalue weighted by Gasteiger charge is 2.25. The zero-order valence-corrected chi connectivity index (χ0v) is 11.0. The summed E-state index contributed by atoms with van der Waals surface area (Å²) < 4.78 is 1.02. The van der Waals surface area contributed by atoms with Crippen LogP contribution in [0.4, 0.5) is 0 Å². The summed E-state index contributed by atoms with van der Waals surface area (Å²) in [6.45, 7) is 1.30. The van der Waals surface area contributed by atoms with E-state index < -0.39 is 0 Å². The molecule has 1 aliphatic heterocycles. The lowest BCUT2D eigenvalue weighted by atomic mass is 9.97. The quantitative estimate of drug-likeness (QED) is 0.841. The van der Waals surface area contributed by atoms with E-state index in [-0.39, 0.29) is 11.8 Å². The van der Waals surface area contributed by atoms with E-state index in [4.69, 9.17) is 5.26 Å². The molecule has 1 saturated heterocycles. The van der Waals surface area contributed by atoms with Crippen molar-refractivity contribution in [2.24, 2.45) is 5.92 Å². The number of amides is 1. The molecule has 1 aromatic carbocycles. The molecule has 0 aliphatic carbocycles. The second-order valence-electron chi connectivity index (χ2n) is 4.23. The van der Waals surface area contributed by atoms with Gasteiger partial charge in [-0.25, -0.2) is 0 Å². The third-order valence-electron chi connectivity index (χ3n) is 3.02. The van der Waals surface area contributed by atoms with Gasteiger partial charge in [-0.2, -0.15) is 5.26 Å². The summed E-state index contributed by atoms with van der Waals surface area (Å²) in [5, 5.41) is 8.80. The molecule has 3 nitrogen and oxygen atoms in total. The van der Waals surface area contributed by atoms with Gasteiger partial charge < -0.3 is 4.90 Å². The summed E-state index contributed by atoms with van der Waals surface area (Å²) in [6.07, 6.45) is 1.15. The van der Waals surface area contributed by atoms with Crippen LogP contribution in [0.2, 0.25) is 0 Å². The fraction of sp³-hybridized carbons (Fsp3) is 0.385. The predicted octanol–water partition coefficient (Wildman–Crippen LogP) is 2.71. The number of hydrogen-bond acceptors (Lipinski definition) is 2. The zero-order valence-electron chi connectivity index (χ0n) is 9.40. The number of carbonyl (C=O) groups excluding carboxylic acids is 1. The van der Waals surface area contributed by atoms with Crippen LogP contribution in [0, 0.1) is 17.2 Å². The Morgan fingerprint density at radius 3 is 2.88 bits per heavy atom. The van der Waals surface area contributed by atoms with Gasteiger partial charge in [0.25, 0.3) is 0 Å². The number of benzene rings is 1. The minimum atomic E-state index is -0.0991. The van der Waals surface area contributed by atoms with Crippen LogP contribution < -0.4 is 0 Å². The number of nitrogens with zero attached hydrogens (tertiary/aromatic N) is 2. The molecule has 1 amide bonds. The number of likely N-dealkylation sites (tertiary alicyclic amines) is 1. The monoisotopic (exact) mass is 292 g/mol. The molecule has 0 aromatic heterocycles. The van der Waals surface area contributed by atoms with E-state index in [1.807, 2.05) is 29.2 Å². The average molecular weight is 293 g/mol. The Kier molecular flexibility index (Phi) is 3.80. The largest absolute Gasteiger partial charge is 0.338 e. The minimum Gasteiger partial charge on any atom is -0.338 e. The van der Waals surface area contributed by atoms with E-state index in [1.165, 1.54) is 0 Å². The number of nitriles is 1. The lowest BCUT2D eigenvalue weighted by Gasteiger charge is -2.29. The number of carbonyl (C=O) groups is 1. The van der Waals surface area contributed by atoms with Crippen molar-refractivity contribution in [2.45, 2.75) is 19.4 Å². The van der Waals surface area contributed by atoms with Crippen LogP contribution in [-0.2, 0) is 11.3 Å². The fourth-order valence-corrected chi connectivity index (χ4v) is 2.40. The lowest BCUT2D eigenvalue weighted by molar-refractivity contribution is -0.134. The van der Waals surface area contributed by atoms with E-state index in [9.17, 15) is 4.79 Å². The fourth-order valence-electron chi connectivity index (χ4n) is 1.99. The van der Waals surface area contributed by atoms with Gasteiger partial charge in [0.1, 0.15) is 0 Å². The maximum Gasteiger partial charge on any atom is 0.224 e. The highest BCUT2D eigenvalue weighted by Crippen LogP contribution is 2.22. The second kappa shape index (κ2) is 5.33. The number of rotatable bonds is 2. The van der Waals surface area contributed by atoms with E-state index in [0.717, 1.165) is 16.5 Å². The number of hydrogen-bond donors (Lipinski definition) is 0.